The average molecular weight is 205 g/mol. The van der Waals surface area contributed by atoms with E-state index >= 15 is 0 Å². The van der Waals surface area contributed by atoms with E-state index in [-0.39, 0.29) is 11.9 Å². The van der Waals surface area contributed by atoms with Crippen LogP contribution < -0.4 is 5.32 Å². The van der Waals surface area contributed by atoms with Gasteiger partial charge in [0.15, 0.2) is 0 Å². The highest BCUT2D eigenvalue weighted by Gasteiger charge is 2.11. The molecule has 0 aliphatic carbocycles. The highest BCUT2D eigenvalue weighted by molar-refractivity contribution is 5.94. The Bertz CT molecular complexity index is 344. The SMILES string of the molecule is Cc1cccc(C(=O)N[C@@H](C)C(C)C)c1. The molecule has 2 nitrogen and oxygen atoms in total. The molecule has 1 amide bonds. The van der Waals surface area contributed by atoms with Crippen molar-refractivity contribution >= 4 is 5.91 Å². The van der Waals surface area contributed by atoms with Crippen LogP contribution in [0.2, 0.25) is 0 Å². The van der Waals surface area contributed by atoms with Crippen molar-refractivity contribution in [3.05, 3.63) is 35.4 Å². The lowest BCUT2D eigenvalue weighted by molar-refractivity contribution is 0.0930. The van der Waals surface area contributed by atoms with Crippen molar-refractivity contribution in [3.8, 4) is 0 Å². The Kier molecular flexibility index (Phi) is 3.89. The van der Waals surface area contributed by atoms with E-state index in [0.29, 0.717) is 5.92 Å². The third-order valence-corrected chi connectivity index (χ3v) is 2.64. The van der Waals surface area contributed by atoms with Gasteiger partial charge in [-0.2, -0.15) is 0 Å². The lowest BCUT2D eigenvalue weighted by Gasteiger charge is -2.17. The van der Waals surface area contributed by atoms with Crippen LogP contribution in [0.25, 0.3) is 0 Å². The largest absolute Gasteiger partial charge is 0.349 e. The number of benzene rings is 1. The van der Waals surface area contributed by atoms with Crippen molar-refractivity contribution in [2.45, 2.75) is 33.7 Å². The minimum atomic E-state index is 0.0138. The van der Waals surface area contributed by atoms with Gasteiger partial charge in [-0.3, -0.25) is 4.79 Å². The zero-order valence-electron chi connectivity index (χ0n) is 9.87. The van der Waals surface area contributed by atoms with E-state index in [4.69, 9.17) is 0 Å². The monoisotopic (exact) mass is 205 g/mol. The molecule has 0 aliphatic rings. The molecule has 0 radical (unpaired) electrons. The summed E-state index contributed by atoms with van der Waals surface area (Å²) in [5.74, 6) is 0.471. The molecule has 2 heteroatoms. The fourth-order valence-electron chi connectivity index (χ4n) is 1.24. The summed E-state index contributed by atoms with van der Waals surface area (Å²) >= 11 is 0. The summed E-state index contributed by atoms with van der Waals surface area (Å²) in [6.07, 6.45) is 0. The molecule has 1 rings (SSSR count). The van der Waals surface area contributed by atoms with Crippen LogP contribution in [0, 0.1) is 12.8 Å². The molecule has 0 aliphatic heterocycles. The van der Waals surface area contributed by atoms with Crippen molar-refractivity contribution < 1.29 is 4.79 Å². The highest BCUT2D eigenvalue weighted by Crippen LogP contribution is 2.06. The van der Waals surface area contributed by atoms with E-state index in [9.17, 15) is 4.79 Å². The standard InChI is InChI=1S/C13H19NO/c1-9(2)11(4)14-13(15)12-7-5-6-10(3)8-12/h5-9,11H,1-4H3,(H,14,15)/t11-/m0/s1. The molecule has 0 saturated heterocycles. The number of hydrogen-bond acceptors (Lipinski definition) is 1. The zero-order valence-corrected chi connectivity index (χ0v) is 9.87. The molecule has 0 saturated carbocycles. The van der Waals surface area contributed by atoms with E-state index in [1.54, 1.807) is 0 Å². The maximum Gasteiger partial charge on any atom is 0.251 e. The fourth-order valence-corrected chi connectivity index (χ4v) is 1.24. The fraction of sp³-hybridized carbons (Fsp3) is 0.462. The molecule has 0 aromatic heterocycles. The van der Waals surface area contributed by atoms with Crippen molar-refractivity contribution in [1.82, 2.24) is 5.32 Å². The molecule has 0 fully saturated rings. The first-order valence-electron chi connectivity index (χ1n) is 5.38. The first-order chi connectivity index (χ1) is 7.00. The lowest BCUT2D eigenvalue weighted by atomic mass is 10.1. The van der Waals surface area contributed by atoms with Crippen molar-refractivity contribution in [1.29, 1.82) is 0 Å². The first kappa shape index (κ1) is 11.8. The van der Waals surface area contributed by atoms with Gasteiger partial charge in [-0.05, 0) is 31.9 Å². The molecule has 0 heterocycles. The van der Waals surface area contributed by atoms with Crippen LogP contribution in [0.4, 0.5) is 0 Å². The van der Waals surface area contributed by atoms with Gasteiger partial charge in [-0.25, -0.2) is 0 Å². The maximum absolute atomic E-state index is 11.8. The molecular formula is C13H19NO. The van der Waals surface area contributed by atoms with Crippen LogP contribution in [0.3, 0.4) is 0 Å². The second kappa shape index (κ2) is 4.96. The number of nitrogens with one attached hydrogen (secondary N) is 1. The second-order valence-electron chi connectivity index (χ2n) is 4.38. The summed E-state index contributed by atoms with van der Waals surface area (Å²) in [4.78, 5) is 11.8. The molecule has 1 N–H and O–H groups in total. The number of hydrogen-bond donors (Lipinski definition) is 1. The predicted octanol–water partition coefficient (Wildman–Crippen LogP) is 2.77. The molecule has 82 valence electrons. The molecule has 0 bridgehead atoms. The van der Waals surface area contributed by atoms with Gasteiger partial charge in [0, 0.05) is 11.6 Å². The number of carbonyl (C=O) groups is 1. The summed E-state index contributed by atoms with van der Waals surface area (Å²) in [5, 5.41) is 2.98. The Morgan fingerprint density at radius 3 is 2.47 bits per heavy atom. The van der Waals surface area contributed by atoms with Crippen LogP contribution >= 0.6 is 0 Å². The Morgan fingerprint density at radius 1 is 1.27 bits per heavy atom. The Balaban J connectivity index is 2.69. The molecule has 0 unspecified atom stereocenters. The average Bonchev–Trinajstić information content (AvgIpc) is 2.17. The normalized spacial score (nSPS) is 12.6. The molecule has 15 heavy (non-hydrogen) atoms. The minimum Gasteiger partial charge on any atom is -0.349 e. The molecular weight excluding hydrogens is 186 g/mol. The van der Waals surface area contributed by atoms with Crippen LogP contribution in [0.15, 0.2) is 24.3 Å². The van der Waals surface area contributed by atoms with Gasteiger partial charge in [-0.15, -0.1) is 0 Å². The maximum atomic E-state index is 11.8. The lowest BCUT2D eigenvalue weighted by Crippen LogP contribution is -2.36. The topological polar surface area (TPSA) is 29.1 Å². The van der Waals surface area contributed by atoms with E-state index < -0.39 is 0 Å². The van der Waals surface area contributed by atoms with Gasteiger partial charge in [0.2, 0.25) is 0 Å². The van der Waals surface area contributed by atoms with Crippen LogP contribution in [0.1, 0.15) is 36.7 Å². The Hall–Kier alpha value is -1.31. The van der Waals surface area contributed by atoms with Crippen molar-refractivity contribution in [3.63, 3.8) is 0 Å². The van der Waals surface area contributed by atoms with Gasteiger partial charge >= 0.3 is 0 Å². The summed E-state index contributed by atoms with van der Waals surface area (Å²) < 4.78 is 0. The summed E-state index contributed by atoms with van der Waals surface area (Å²) in [6.45, 7) is 8.21. The van der Waals surface area contributed by atoms with Gasteiger partial charge in [0.25, 0.3) is 5.91 Å². The second-order valence-corrected chi connectivity index (χ2v) is 4.38. The first-order valence-corrected chi connectivity index (χ1v) is 5.38. The molecule has 0 spiro atoms. The Morgan fingerprint density at radius 2 is 1.93 bits per heavy atom. The van der Waals surface area contributed by atoms with E-state index in [1.165, 1.54) is 0 Å². The molecule has 1 aromatic rings. The van der Waals surface area contributed by atoms with Crippen LogP contribution in [-0.2, 0) is 0 Å². The van der Waals surface area contributed by atoms with E-state index in [0.717, 1.165) is 11.1 Å². The van der Waals surface area contributed by atoms with Crippen molar-refractivity contribution in [2.75, 3.05) is 0 Å². The van der Waals surface area contributed by atoms with E-state index in [2.05, 4.69) is 19.2 Å². The minimum absolute atomic E-state index is 0.0138. The Labute approximate surface area is 91.7 Å². The quantitative estimate of drug-likeness (QED) is 0.807. The third kappa shape index (κ3) is 3.39. The molecule has 1 aromatic carbocycles. The summed E-state index contributed by atoms with van der Waals surface area (Å²) in [5.41, 5.74) is 1.85. The van der Waals surface area contributed by atoms with Crippen LogP contribution in [0.5, 0.6) is 0 Å². The zero-order chi connectivity index (χ0) is 11.4. The summed E-state index contributed by atoms with van der Waals surface area (Å²) in [6, 6.07) is 7.85. The summed E-state index contributed by atoms with van der Waals surface area (Å²) in [7, 11) is 0. The number of aryl methyl sites for hydroxylation is 1. The van der Waals surface area contributed by atoms with Gasteiger partial charge in [-0.1, -0.05) is 31.5 Å². The van der Waals surface area contributed by atoms with E-state index in [1.807, 2.05) is 38.1 Å². The number of amides is 1. The van der Waals surface area contributed by atoms with Crippen LogP contribution in [-0.4, -0.2) is 11.9 Å². The smallest absolute Gasteiger partial charge is 0.251 e. The van der Waals surface area contributed by atoms with Gasteiger partial charge in [0.1, 0.15) is 0 Å². The number of carbonyl (C=O) groups excluding carboxylic acids is 1. The van der Waals surface area contributed by atoms with Crippen molar-refractivity contribution in [2.24, 2.45) is 5.92 Å². The third-order valence-electron chi connectivity index (χ3n) is 2.64. The van der Waals surface area contributed by atoms with Gasteiger partial charge < -0.3 is 5.32 Å². The van der Waals surface area contributed by atoms with Gasteiger partial charge in [0.05, 0.1) is 0 Å². The number of rotatable bonds is 3. The predicted molar refractivity (Wildman–Crippen MR) is 62.9 cm³/mol. The highest BCUT2D eigenvalue weighted by atomic mass is 16.1. The molecule has 1 atom stereocenters.